The SMILES string of the molecule is O=C(c1cc(F)ccc1Br)c1cnccc1C(F)(F)F. The molecule has 0 radical (unpaired) electrons. The highest BCUT2D eigenvalue weighted by Gasteiger charge is 2.35. The molecular weight excluding hydrogens is 342 g/mol. The number of benzene rings is 1. The van der Waals surface area contributed by atoms with Crippen LogP contribution in [-0.4, -0.2) is 10.8 Å². The summed E-state index contributed by atoms with van der Waals surface area (Å²) in [5.74, 6) is -1.66. The molecule has 0 aliphatic carbocycles. The van der Waals surface area contributed by atoms with Crippen molar-refractivity contribution in [1.29, 1.82) is 0 Å². The van der Waals surface area contributed by atoms with Crippen molar-refractivity contribution in [3.05, 3.63) is 63.6 Å². The van der Waals surface area contributed by atoms with Crippen LogP contribution in [0.15, 0.2) is 41.1 Å². The van der Waals surface area contributed by atoms with E-state index < -0.39 is 28.9 Å². The number of aromatic nitrogens is 1. The summed E-state index contributed by atoms with van der Waals surface area (Å²) in [4.78, 5) is 15.7. The molecule has 0 unspecified atom stereocenters. The van der Waals surface area contributed by atoms with E-state index in [1.54, 1.807) is 0 Å². The van der Waals surface area contributed by atoms with E-state index in [1.165, 1.54) is 6.07 Å². The smallest absolute Gasteiger partial charge is 0.288 e. The van der Waals surface area contributed by atoms with Gasteiger partial charge in [0.2, 0.25) is 0 Å². The Balaban J connectivity index is 2.57. The van der Waals surface area contributed by atoms with E-state index >= 15 is 0 Å². The van der Waals surface area contributed by atoms with E-state index in [-0.39, 0.29) is 10.0 Å². The number of carbonyl (C=O) groups excluding carboxylic acids is 1. The number of nitrogens with zero attached hydrogens (tertiary/aromatic N) is 1. The van der Waals surface area contributed by atoms with Gasteiger partial charge in [0.1, 0.15) is 5.82 Å². The van der Waals surface area contributed by atoms with Crippen molar-refractivity contribution in [3.8, 4) is 0 Å². The number of rotatable bonds is 2. The summed E-state index contributed by atoms with van der Waals surface area (Å²) in [6, 6.07) is 3.93. The van der Waals surface area contributed by atoms with E-state index in [4.69, 9.17) is 0 Å². The molecule has 1 heterocycles. The largest absolute Gasteiger partial charge is 0.417 e. The Hall–Kier alpha value is -1.76. The lowest BCUT2D eigenvalue weighted by Gasteiger charge is -2.12. The third-order valence-corrected chi connectivity index (χ3v) is 3.24. The van der Waals surface area contributed by atoms with Crippen LogP contribution in [0, 0.1) is 5.82 Å². The number of pyridine rings is 1. The lowest BCUT2D eigenvalue weighted by molar-refractivity contribution is -0.137. The number of carbonyl (C=O) groups is 1. The van der Waals surface area contributed by atoms with Crippen molar-refractivity contribution in [1.82, 2.24) is 4.98 Å². The lowest BCUT2D eigenvalue weighted by Crippen LogP contribution is -2.14. The molecule has 0 spiro atoms. The van der Waals surface area contributed by atoms with Gasteiger partial charge in [-0.1, -0.05) is 15.9 Å². The van der Waals surface area contributed by atoms with Gasteiger partial charge in [-0.05, 0) is 24.3 Å². The van der Waals surface area contributed by atoms with Gasteiger partial charge in [-0.2, -0.15) is 13.2 Å². The molecule has 2 nitrogen and oxygen atoms in total. The predicted octanol–water partition coefficient (Wildman–Crippen LogP) is 4.23. The fraction of sp³-hybridized carbons (Fsp3) is 0.0769. The second kappa shape index (κ2) is 5.32. The maximum absolute atomic E-state index is 13.1. The Kier molecular flexibility index (Phi) is 3.89. The summed E-state index contributed by atoms with van der Waals surface area (Å²) in [6.07, 6.45) is -2.92. The van der Waals surface area contributed by atoms with E-state index in [0.29, 0.717) is 6.07 Å². The molecule has 1 aromatic heterocycles. The number of ketones is 1. The van der Waals surface area contributed by atoms with E-state index in [0.717, 1.165) is 24.5 Å². The molecule has 20 heavy (non-hydrogen) atoms. The maximum atomic E-state index is 13.1. The summed E-state index contributed by atoms with van der Waals surface area (Å²) in [6.45, 7) is 0. The Labute approximate surface area is 119 Å². The van der Waals surface area contributed by atoms with Crippen LogP contribution in [0.1, 0.15) is 21.5 Å². The van der Waals surface area contributed by atoms with Gasteiger partial charge < -0.3 is 0 Å². The van der Waals surface area contributed by atoms with Crippen molar-refractivity contribution in [3.63, 3.8) is 0 Å². The van der Waals surface area contributed by atoms with Gasteiger partial charge in [0.15, 0.2) is 5.78 Å². The molecule has 1 aromatic carbocycles. The number of halogens is 5. The van der Waals surface area contributed by atoms with Gasteiger partial charge in [0.25, 0.3) is 0 Å². The van der Waals surface area contributed by atoms with Crippen LogP contribution < -0.4 is 0 Å². The Morgan fingerprint density at radius 2 is 1.85 bits per heavy atom. The molecule has 0 N–H and O–H groups in total. The van der Waals surface area contributed by atoms with Crippen molar-refractivity contribution in [2.24, 2.45) is 0 Å². The Morgan fingerprint density at radius 1 is 1.15 bits per heavy atom. The third kappa shape index (κ3) is 2.87. The molecule has 104 valence electrons. The molecule has 0 saturated heterocycles. The van der Waals surface area contributed by atoms with Crippen LogP contribution in [-0.2, 0) is 6.18 Å². The molecule has 0 fully saturated rings. The number of hydrogen-bond donors (Lipinski definition) is 0. The van der Waals surface area contributed by atoms with Crippen LogP contribution in [0.5, 0.6) is 0 Å². The summed E-state index contributed by atoms with van der Waals surface area (Å²) in [7, 11) is 0. The van der Waals surface area contributed by atoms with Crippen molar-refractivity contribution in [2.45, 2.75) is 6.18 Å². The minimum Gasteiger partial charge on any atom is -0.288 e. The summed E-state index contributed by atoms with van der Waals surface area (Å²) in [5.41, 5.74) is -1.91. The fourth-order valence-electron chi connectivity index (χ4n) is 1.64. The van der Waals surface area contributed by atoms with Gasteiger partial charge >= 0.3 is 6.18 Å². The first-order chi connectivity index (χ1) is 9.30. The summed E-state index contributed by atoms with van der Waals surface area (Å²) >= 11 is 3.01. The number of alkyl halides is 3. The van der Waals surface area contributed by atoms with Gasteiger partial charge in [0, 0.05) is 22.4 Å². The lowest BCUT2D eigenvalue weighted by atomic mass is 10.00. The molecule has 2 aromatic rings. The normalized spacial score (nSPS) is 11.4. The molecule has 0 atom stereocenters. The first kappa shape index (κ1) is 14.6. The monoisotopic (exact) mass is 347 g/mol. The highest BCUT2D eigenvalue weighted by atomic mass is 79.9. The van der Waals surface area contributed by atoms with Crippen molar-refractivity contribution >= 4 is 21.7 Å². The third-order valence-electron chi connectivity index (χ3n) is 2.54. The van der Waals surface area contributed by atoms with Crippen LogP contribution in [0.3, 0.4) is 0 Å². The van der Waals surface area contributed by atoms with Crippen molar-refractivity contribution in [2.75, 3.05) is 0 Å². The minimum atomic E-state index is -4.69. The molecule has 0 aliphatic heterocycles. The highest BCUT2D eigenvalue weighted by molar-refractivity contribution is 9.10. The van der Waals surface area contributed by atoms with Crippen LogP contribution in [0.4, 0.5) is 17.6 Å². The molecule has 0 saturated carbocycles. The zero-order chi connectivity index (χ0) is 14.9. The van der Waals surface area contributed by atoms with Gasteiger partial charge in [-0.15, -0.1) is 0 Å². The van der Waals surface area contributed by atoms with Gasteiger partial charge in [-0.3, -0.25) is 9.78 Å². The molecule has 0 bridgehead atoms. The first-order valence-electron chi connectivity index (χ1n) is 5.31. The topological polar surface area (TPSA) is 30.0 Å². The standard InChI is InChI=1S/C13H6BrF4NO/c14-11-2-1-7(15)5-8(11)12(20)9-6-19-4-3-10(9)13(16,17)18/h1-6H. The molecule has 0 aliphatic rings. The quantitative estimate of drug-likeness (QED) is 0.601. The highest BCUT2D eigenvalue weighted by Crippen LogP contribution is 2.33. The zero-order valence-corrected chi connectivity index (χ0v) is 11.3. The average molecular weight is 348 g/mol. The van der Waals surface area contributed by atoms with Gasteiger partial charge in [0.05, 0.1) is 11.1 Å². The van der Waals surface area contributed by atoms with Gasteiger partial charge in [-0.25, -0.2) is 4.39 Å². The predicted molar refractivity (Wildman–Crippen MR) is 66.8 cm³/mol. The van der Waals surface area contributed by atoms with Crippen LogP contribution >= 0.6 is 15.9 Å². The molecule has 7 heteroatoms. The minimum absolute atomic E-state index is 0.191. The van der Waals surface area contributed by atoms with Crippen LogP contribution in [0.2, 0.25) is 0 Å². The number of hydrogen-bond acceptors (Lipinski definition) is 2. The molecular formula is C13H6BrF4NO. The fourth-order valence-corrected chi connectivity index (χ4v) is 2.07. The Bertz CT molecular complexity index is 670. The molecule has 2 rings (SSSR count). The second-order valence-electron chi connectivity index (χ2n) is 3.87. The zero-order valence-electron chi connectivity index (χ0n) is 9.71. The van der Waals surface area contributed by atoms with E-state index in [2.05, 4.69) is 20.9 Å². The molecule has 0 amide bonds. The summed E-state index contributed by atoms with van der Waals surface area (Å²) < 4.78 is 51.9. The first-order valence-corrected chi connectivity index (χ1v) is 6.11. The van der Waals surface area contributed by atoms with E-state index in [9.17, 15) is 22.4 Å². The van der Waals surface area contributed by atoms with Crippen LogP contribution in [0.25, 0.3) is 0 Å². The average Bonchev–Trinajstić information content (AvgIpc) is 2.40. The van der Waals surface area contributed by atoms with E-state index in [1.807, 2.05) is 0 Å². The second-order valence-corrected chi connectivity index (χ2v) is 4.73. The summed E-state index contributed by atoms with van der Waals surface area (Å²) in [5, 5.41) is 0. The maximum Gasteiger partial charge on any atom is 0.417 e. The van der Waals surface area contributed by atoms with Crippen molar-refractivity contribution < 1.29 is 22.4 Å². The Morgan fingerprint density at radius 3 is 2.50 bits per heavy atom.